The number of rotatable bonds is 2. The topological polar surface area (TPSA) is 124 Å². The molecule has 5 N–H and O–H groups in total. The summed E-state index contributed by atoms with van der Waals surface area (Å²) in [5.74, 6) is 4.70. The number of nitrogens with one attached hydrogen (secondary N) is 2. The number of nitrogens with two attached hydrogens (primary N) is 1. The molecule has 0 bridgehead atoms. The molecule has 2 aliphatic rings. The van der Waals surface area contributed by atoms with Crippen LogP contribution < -0.4 is 16.6 Å². The minimum absolute atomic E-state index is 0.129. The Labute approximate surface area is 199 Å². The molecule has 0 fully saturated rings. The highest BCUT2D eigenvalue weighted by molar-refractivity contribution is 6.31. The Bertz CT molecular complexity index is 1780. The standard InChI is InChI=1S/C26H23N5O4/c1-25(35-2)26(34,24(33)29-27)12-30-16-9-5-3-7-13(16)19-20-15(11-28-23(20)32)18-14-8-4-6-10-17(14)31(25)22(18)21(19)30/h3-10,34H,11-12,27H2,1-2H3,(H,28,32)(H,29,33). The van der Waals surface area contributed by atoms with E-state index in [0.29, 0.717) is 12.1 Å². The van der Waals surface area contributed by atoms with Crippen LogP contribution in [0.5, 0.6) is 0 Å². The fraction of sp³-hybridized carbons (Fsp3) is 0.231. The molecule has 2 atom stereocenters. The van der Waals surface area contributed by atoms with E-state index in [1.807, 2.05) is 57.7 Å². The Balaban J connectivity index is 1.87. The van der Waals surface area contributed by atoms with E-state index in [-0.39, 0.29) is 12.5 Å². The van der Waals surface area contributed by atoms with Crippen molar-refractivity contribution in [2.75, 3.05) is 7.11 Å². The monoisotopic (exact) mass is 469 g/mol. The summed E-state index contributed by atoms with van der Waals surface area (Å²) in [6.45, 7) is 1.96. The van der Waals surface area contributed by atoms with Crippen molar-refractivity contribution in [1.29, 1.82) is 0 Å². The van der Waals surface area contributed by atoms with Crippen molar-refractivity contribution >= 4 is 55.4 Å². The SMILES string of the molecule is COC1(C)n2c3ccccc3c3c4c(c5c6ccccc6n(c5c32)CC1(O)C(=O)NN)C(=O)NC4. The third-order valence-corrected chi connectivity index (χ3v) is 8.06. The molecule has 0 saturated carbocycles. The number of amides is 2. The Morgan fingerprint density at radius 2 is 1.74 bits per heavy atom. The summed E-state index contributed by atoms with van der Waals surface area (Å²) in [5, 5.41) is 18.7. The first-order valence-electron chi connectivity index (χ1n) is 11.4. The van der Waals surface area contributed by atoms with Gasteiger partial charge in [0, 0.05) is 40.7 Å². The summed E-state index contributed by atoms with van der Waals surface area (Å²) in [4.78, 5) is 26.5. The van der Waals surface area contributed by atoms with Crippen molar-refractivity contribution in [3.8, 4) is 0 Å². The molecule has 176 valence electrons. The maximum atomic E-state index is 13.3. The summed E-state index contributed by atoms with van der Waals surface area (Å²) in [5.41, 5.74) is 3.24. The molecule has 2 aliphatic heterocycles. The number of ether oxygens (including phenoxy) is 1. The Kier molecular flexibility index (Phi) is 3.74. The van der Waals surface area contributed by atoms with Gasteiger partial charge in [0.05, 0.1) is 28.7 Å². The van der Waals surface area contributed by atoms with E-state index < -0.39 is 17.2 Å². The van der Waals surface area contributed by atoms with Crippen molar-refractivity contribution in [1.82, 2.24) is 19.9 Å². The van der Waals surface area contributed by atoms with Gasteiger partial charge in [-0.15, -0.1) is 0 Å². The maximum Gasteiger partial charge on any atom is 0.272 e. The van der Waals surface area contributed by atoms with E-state index in [4.69, 9.17) is 10.6 Å². The van der Waals surface area contributed by atoms with Crippen LogP contribution in [0.4, 0.5) is 0 Å². The summed E-state index contributed by atoms with van der Waals surface area (Å²) < 4.78 is 9.87. The first kappa shape index (κ1) is 20.5. The highest BCUT2D eigenvalue weighted by Crippen LogP contribution is 2.51. The van der Waals surface area contributed by atoms with Crippen molar-refractivity contribution in [2.45, 2.75) is 31.3 Å². The second-order valence-electron chi connectivity index (χ2n) is 9.46. The van der Waals surface area contributed by atoms with Gasteiger partial charge in [-0.3, -0.25) is 15.0 Å². The van der Waals surface area contributed by atoms with E-state index in [2.05, 4.69) is 10.7 Å². The number of hydrazine groups is 1. The van der Waals surface area contributed by atoms with Gasteiger partial charge in [0.15, 0.2) is 5.72 Å². The zero-order valence-electron chi connectivity index (χ0n) is 19.2. The number of nitrogens with zero attached hydrogens (tertiary/aromatic N) is 2. The van der Waals surface area contributed by atoms with Gasteiger partial charge in [-0.05, 0) is 24.6 Å². The molecular weight excluding hydrogens is 446 g/mol. The number of benzene rings is 3. The van der Waals surface area contributed by atoms with Crippen molar-refractivity contribution in [3.05, 3.63) is 59.7 Å². The average molecular weight is 470 g/mol. The zero-order valence-corrected chi connectivity index (χ0v) is 19.2. The lowest BCUT2D eigenvalue weighted by Crippen LogP contribution is -2.65. The molecule has 5 aromatic rings. The van der Waals surface area contributed by atoms with Gasteiger partial charge in [0.25, 0.3) is 11.8 Å². The predicted octanol–water partition coefficient (Wildman–Crippen LogP) is 2.20. The summed E-state index contributed by atoms with van der Waals surface area (Å²) in [7, 11) is 1.48. The normalized spacial score (nSPS) is 23.4. The second kappa shape index (κ2) is 6.39. The molecule has 0 radical (unpaired) electrons. The van der Waals surface area contributed by atoms with E-state index in [9.17, 15) is 14.7 Å². The van der Waals surface area contributed by atoms with E-state index in [1.54, 1.807) is 6.92 Å². The smallest absolute Gasteiger partial charge is 0.272 e. The Morgan fingerprint density at radius 3 is 2.43 bits per heavy atom. The number of aromatic nitrogens is 2. The molecule has 2 amide bonds. The molecule has 3 aromatic carbocycles. The summed E-state index contributed by atoms with van der Waals surface area (Å²) >= 11 is 0. The van der Waals surface area contributed by atoms with Crippen LogP contribution in [-0.4, -0.2) is 38.8 Å². The highest BCUT2D eigenvalue weighted by Gasteiger charge is 2.58. The van der Waals surface area contributed by atoms with Gasteiger partial charge < -0.3 is 24.3 Å². The number of para-hydroxylation sites is 2. The molecule has 4 heterocycles. The van der Waals surface area contributed by atoms with E-state index in [0.717, 1.165) is 49.2 Å². The lowest BCUT2D eigenvalue weighted by Gasteiger charge is -2.43. The minimum atomic E-state index is -2.09. The fourth-order valence-corrected chi connectivity index (χ4v) is 6.36. The van der Waals surface area contributed by atoms with Crippen LogP contribution in [0.15, 0.2) is 48.5 Å². The number of fused-ring (bicyclic) bond motifs is 9. The minimum Gasteiger partial charge on any atom is -0.374 e. The molecule has 0 spiro atoms. The van der Waals surface area contributed by atoms with Gasteiger partial charge >= 0.3 is 0 Å². The first-order chi connectivity index (χ1) is 16.9. The van der Waals surface area contributed by atoms with Crippen LogP contribution >= 0.6 is 0 Å². The van der Waals surface area contributed by atoms with Crippen LogP contribution in [0.1, 0.15) is 22.8 Å². The third kappa shape index (κ3) is 2.11. The molecule has 9 heteroatoms. The number of methoxy groups -OCH3 is 1. The molecule has 2 unspecified atom stereocenters. The Hall–Kier alpha value is -3.92. The van der Waals surface area contributed by atoms with Crippen LogP contribution in [-0.2, 0) is 28.3 Å². The van der Waals surface area contributed by atoms with E-state index >= 15 is 0 Å². The average Bonchev–Trinajstić information content (AvgIpc) is 3.51. The van der Waals surface area contributed by atoms with Crippen LogP contribution in [0.25, 0.3) is 43.6 Å². The molecule has 35 heavy (non-hydrogen) atoms. The van der Waals surface area contributed by atoms with Crippen LogP contribution in [0, 0.1) is 0 Å². The highest BCUT2D eigenvalue weighted by atomic mass is 16.5. The lowest BCUT2D eigenvalue weighted by atomic mass is 9.89. The second-order valence-corrected chi connectivity index (χ2v) is 9.46. The predicted molar refractivity (Wildman–Crippen MR) is 132 cm³/mol. The largest absolute Gasteiger partial charge is 0.374 e. The summed E-state index contributed by atoms with van der Waals surface area (Å²) in [6.07, 6.45) is 0. The molecule has 2 aromatic heterocycles. The number of carbonyl (C=O) groups is 2. The third-order valence-electron chi connectivity index (χ3n) is 8.06. The van der Waals surface area contributed by atoms with Crippen molar-refractivity contribution in [3.63, 3.8) is 0 Å². The molecule has 9 nitrogen and oxygen atoms in total. The molecule has 0 aliphatic carbocycles. The van der Waals surface area contributed by atoms with Gasteiger partial charge in [0.2, 0.25) is 5.60 Å². The van der Waals surface area contributed by atoms with Gasteiger partial charge in [0.1, 0.15) is 0 Å². The zero-order chi connectivity index (χ0) is 24.3. The van der Waals surface area contributed by atoms with E-state index in [1.165, 1.54) is 7.11 Å². The van der Waals surface area contributed by atoms with Gasteiger partial charge in [-0.25, -0.2) is 5.84 Å². The number of carbonyl (C=O) groups excluding carboxylic acids is 2. The van der Waals surface area contributed by atoms with Crippen LogP contribution in [0.2, 0.25) is 0 Å². The number of aliphatic hydroxyl groups is 1. The van der Waals surface area contributed by atoms with Crippen LogP contribution in [0.3, 0.4) is 0 Å². The van der Waals surface area contributed by atoms with Crippen molar-refractivity contribution in [2.24, 2.45) is 5.84 Å². The first-order valence-corrected chi connectivity index (χ1v) is 11.4. The van der Waals surface area contributed by atoms with Gasteiger partial charge in [-0.1, -0.05) is 36.4 Å². The molecular formula is C26H23N5O4. The summed E-state index contributed by atoms with van der Waals surface area (Å²) in [6, 6.07) is 15.5. The number of hydrogen-bond acceptors (Lipinski definition) is 5. The quantitative estimate of drug-likeness (QED) is 0.179. The Morgan fingerprint density at radius 1 is 1.09 bits per heavy atom. The molecule has 0 saturated heterocycles. The van der Waals surface area contributed by atoms with Crippen molar-refractivity contribution < 1.29 is 19.4 Å². The maximum absolute atomic E-state index is 13.3. The van der Waals surface area contributed by atoms with Gasteiger partial charge in [-0.2, -0.15) is 0 Å². The number of hydrogen-bond donors (Lipinski definition) is 4. The fourth-order valence-electron chi connectivity index (χ4n) is 6.36. The lowest BCUT2D eigenvalue weighted by molar-refractivity contribution is -0.211. The molecule has 7 rings (SSSR count).